The first-order valence-electron chi connectivity index (χ1n) is 9.72. The van der Waals surface area contributed by atoms with Crippen LogP contribution in [0.3, 0.4) is 0 Å². The van der Waals surface area contributed by atoms with Gasteiger partial charge in [-0.3, -0.25) is 4.79 Å². The molecule has 1 aliphatic rings. The molecule has 1 saturated heterocycles. The molecule has 9 heteroatoms. The van der Waals surface area contributed by atoms with Gasteiger partial charge in [0.15, 0.2) is 16.7 Å². The van der Waals surface area contributed by atoms with Gasteiger partial charge < -0.3 is 14.8 Å². The van der Waals surface area contributed by atoms with Crippen LogP contribution in [-0.4, -0.2) is 18.2 Å². The van der Waals surface area contributed by atoms with E-state index in [1.165, 1.54) is 11.8 Å². The molecule has 1 amide bonds. The zero-order valence-electron chi connectivity index (χ0n) is 17.3. The zero-order valence-corrected chi connectivity index (χ0v) is 21.8. The fraction of sp³-hybridized carbons (Fsp3) is 0.0833. The number of thioether (sulfide) groups is 1. The number of ether oxygens (including phenoxy) is 2. The van der Waals surface area contributed by atoms with Crippen molar-refractivity contribution in [1.82, 2.24) is 5.32 Å². The zero-order chi connectivity index (χ0) is 23.4. The van der Waals surface area contributed by atoms with Crippen molar-refractivity contribution >= 4 is 80.4 Å². The Labute approximate surface area is 219 Å². The van der Waals surface area contributed by atoms with Crippen molar-refractivity contribution in [2.45, 2.75) is 6.61 Å². The number of carbonyl (C=O) groups is 1. The smallest absolute Gasteiger partial charge is 0.264 e. The van der Waals surface area contributed by atoms with Crippen LogP contribution in [-0.2, 0) is 11.4 Å². The Hall–Kier alpha value is -2.20. The fourth-order valence-electron chi connectivity index (χ4n) is 2.99. The highest BCUT2D eigenvalue weighted by Crippen LogP contribution is 2.37. The van der Waals surface area contributed by atoms with Crippen LogP contribution in [0, 0.1) is 3.57 Å². The minimum atomic E-state index is -0.208. The Morgan fingerprint density at radius 1 is 1.12 bits per heavy atom. The van der Waals surface area contributed by atoms with Crippen LogP contribution in [0.15, 0.2) is 70.6 Å². The van der Waals surface area contributed by atoms with Crippen LogP contribution < -0.4 is 14.8 Å². The number of halogens is 3. The third-order valence-electron chi connectivity index (χ3n) is 4.59. The quantitative estimate of drug-likeness (QED) is 0.239. The normalized spacial score (nSPS) is 15.7. The molecule has 33 heavy (non-hydrogen) atoms. The summed E-state index contributed by atoms with van der Waals surface area (Å²) >= 11 is 15.6. The summed E-state index contributed by atoms with van der Waals surface area (Å²) in [5.41, 5.74) is 2.40. The average Bonchev–Trinajstić information content (AvgIpc) is 3.13. The van der Waals surface area contributed by atoms with Crippen LogP contribution >= 0.6 is 57.6 Å². The molecule has 3 aromatic carbocycles. The first-order chi connectivity index (χ1) is 15.9. The molecule has 1 fully saturated rings. The molecule has 0 radical (unpaired) electrons. The van der Waals surface area contributed by atoms with E-state index < -0.39 is 0 Å². The van der Waals surface area contributed by atoms with Crippen LogP contribution in [0.4, 0.5) is 5.69 Å². The molecule has 1 aliphatic heterocycles. The summed E-state index contributed by atoms with van der Waals surface area (Å²) in [5, 5.41) is 4.57. The van der Waals surface area contributed by atoms with E-state index >= 15 is 0 Å². The van der Waals surface area contributed by atoms with Crippen molar-refractivity contribution in [3.63, 3.8) is 0 Å². The SMILES string of the molecule is COc1cc(/C=C2\SC(=Nc3ccc(Cl)cc3)NC2=O)cc(I)c1OCc1ccccc1Cl. The van der Waals surface area contributed by atoms with Gasteiger partial charge >= 0.3 is 0 Å². The second-order valence-corrected chi connectivity index (χ2v) is 9.91. The molecule has 0 aromatic heterocycles. The lowest BCUT2D eigenvalue weighted by atomic mass is 10.2. The molecule has 5 nitrogen and oxygen atoms in total. The lowest BCUT2D eigenvalue weighted by Crippen LogP contribution is -2.19. The summed E-state index contributed by atoms with van der Waals surface area (Å²) in [6, 6.07) is 18.4. The van der Waals surface area contributed by atoms with Gasteiger partial charge in [-0.15, -0.1) is 0 Å². The summed E-state index contributed by atoms with van der Waals surface area (Å²) in [6.07, 6.45) is 1.80. The molecule has 0 atom stereocenters. The monoisotopic (exact) mass is 610 g/mol. The number of carbonyl (C=O) groups excluding carboxylic acids is 1. The number of hydrogen-bond acceptors (Lipinski definition) is 5. The predicted octanol–water partition coefficient (Wildman–Crippen LogP) is 7.08. The summed E-state index contributed by atoms with van der Waals surface area (Å²) in [6.45, 7) is 0.315. The Morgan fingerprint density at radius 3 is 2.61 bits per heavy atom. The minimum absolute atomic E-state index is 0.208. The second-order valence-electron chi connectivity index (χ2n) is 6.87. The van der Waals surface area contributed by atoms with Crippen LogP contribution in [0.25, 0.3) is 6.08 Å². The van der Waals surface area contributed by atoms with Gasteiger partial charge in [0.1, 0.15) is 6.61 Å². The molecule has 0 spiro atoms. The molecule has 4 rings (SSSR count). The number of methoxy groups -OCH3 is 1. The largest absolute Gasteiger partial charge is 0.493 e. The van der Waals surface area contributed by atoms with Gasteiger partial charge in [-0.2, -0.15) is 0 Å². The predicted molar refractivity (Wildman–Crippen MR) is 144 cm³/mol. The van der Waals surface area contributed by atoms with E-state index in [4.69, 9.17) is 32.7 Å². The molecule has 3 aromatic rings. The number of aliphatic imine (C=N–C) groups is 1. The molecule has 1 N–H and O–H groups in total. The van der Waals surface area contributed by atoms with E-state index in [1.54, 1.807) is 37.5 Å². The number of benzene rings is 3. The Morgan fingerprint density at radius 2 is 1.88 bits per heavy atom. The van der Waals surface area contributed by atoms with E-state index in [9.17, 15) is 4.79 Å². The van der Waals surface area contributed by atoms with E-state index in [1.807, 2.05) is 36.4 Å². The first-order valence-corrected chi connectivity index (χ1v) is 12.4. The highest BCUT2D eigenvalue weighted by atomic mass is 127. The van der Waals surface area contributed by atoms with Crippen molar-refractivity contribution in [3.05, 3.63) is 90.3 Å². The number of amidine groups is 1. The molecule has 168 valence electrons. The van der Waals surface area contributed by atoms with Crippen molar-refractivity contribution in [1.29, 1.82) is 0 Å². The Kier molecular flexibility index (Phi) is 7.85. The Bertz CT molecular complexity index is 1260. The highest BCUT2D eigenvalue weighted by molar-refractivity contribution is 14.1. The number of nitrogens with zero attached hydrogens (tertiary/aromatic N) is 1. The standard InChI is InChI=1S/C24H17Cl2IN2O3S/c1-31-20-11-14(10-19(27)22(20)32-13-15-4-2-3-5-18(15)26)12-21-23(30)29-24(33-21)28-17-8-6-16(25)7-9-17/h2-12H,13H2,1H3,(H,28,29,30)/b21-12-. The maximum Gasteiger partial charge on any atom is 0.264 e. The van der Waals surface area contributed by atoms with E-state index in [0.717, 1.165) is 14.7 Å². The number of amides is 1. The number of hydrogen-bond donors (Lipinski definition) is 1. The van der Waals surface area contributed by atoms with Crippen LogP contribution in [0.1, 0.15) is 11.1 Å². The van der Waals surface area contributed by atoms with Gasteiger partial charge in [0.2, 0.25) is 0 Å². The minimum Gasteiger partial charge on any atom is -0.493 e. The van der Waals surface area contributed by atoms with Crippen LogP contribution in [0.5, 0.6) is 11.5 Å². The molecular weight excluding hydrogens is 594 g/mol. The summed E-state index contributed by atoms with van der Waals surface area (Å²) in [5.74, 6) is 0.980. The van der Waals surface area contributed by atoms with Gasteiger partial charge in [-0.05, 0) is 88.5 Å². The van der Waals surface area contributed by atoms with Gasteiger partial charge in [-0.25, -0.2) is 4.99 Å². The molecule has 0 aliphatic carbocycles. The summed E-state index contributed by atoms with van der Waals surface area (Å²) < 4.78 is 12.4. The Balaban J connectivity index is 1.54. The molecule has 0 saturated carbocycles. The van der Waals surface area contributed by atoms with Crippen LogP contribution in [0.2, 0.25) is 10.0 Å². The maximum atomic E-state index is 12.5. The first kappa shape index (κ1) is 23.9. The van der Waals surface area contributed by atoms with E-state index in [-0.39, 0.29) is 5.91 Å². The number of rotatable bonds is 6. The van der Waals surface area contributed by atoms with E-state index in [2.05, 4.69) is 32.9 Å². The lowest BCUT2D eigenvalue weighted by Gasteiger charge is -2.14. The van der Waals surface area contributed by atoms with Gasteiger partial charge in [0, 0.05) is 15.6 Å². The molecule has 0 bridgehead atoms. The highest BCUT2D eigenvalue weighted by Gasteiger charge is 2.24. The van der Waals surface area contributed by atoms with Crippen molar-refractivity contribution in [2.24, 2.45) is 4.99 Å². The second kappa shape index (κ2) is 10.8. The third-order valence-corrected chi connectivity index (χ3v) is 6.92. The van der Waals surface area contributed by atoms with Gasteiger partial charge in [0.25, 0.3) is 5.91 Å². The summed E-state index contributed by atoms with van der Waals surface area (Å²) in [4.78, 5) is 17.4. The fourth-order valence-corrected chi connectivity index (χ4v) is 4.93. The number of nitrogens with one attached hydrogen (secondary N) is 1. The van der Waals surface area contributed by atoms with E-state index in [0.29, 0.717) is 43.9 Å². The maximum absolute atomic E-state index is 12.5. The van der Waals surface area contributed by atoms with Gasteiger partial charge in [-0.1, -0.05) is 41.4 Å². The van der Waals surface area contributed by atoms with Gasteiger partial charge in [0.05, 0.1) is 21.3 Å². The van der Waals surface area contributed by atoms with Crippen molar-refractivity contribution < 1.29 is 14.3 Å². The van der Waals surface area contributed by atoms with Crippen molar-refractivity contribution in [3.8, 4) is 11.5 Å². The molecular formula is C24H17Cl2IN2O3S. The third kappa shape index (κ3) is 6.03. The van der Waals surface area contributed by atoms with Crippen molar-refractivity contribution in [2.75, 3.05) is 7.11 Å². The lowest BCUT2D eigenvalue weighted by molar-refractivity contribution is -0.115. The summed E-state index contributed by atoms with van der Waals surface area (Å²) in [7, 11) is 1.58. The molecule has 1 heterocycles. The molecule has 0 unspecified atom stereocenters. The average molecular weight is 611 g/mol. The topological polar surface area (TPSA) is 59.9 Å².